The normalized spacial score (nSPS) is 26.3. The fourth-order valence-electron chi connectivity index (χ4n) is 3.33. The van der Waals surface area contributed by atoms with Crippen molar-refractivity contribution < 1.29 is 18.3 Å². The van der Waals surface area contributed by atoms with Crippen LogP contribution in [0.3, 0.4) is 0 Å². The quantitative estimate of drug-likeness (QED) is 0.882. The topological polar surface area (TPSA) is 92.5 Å². The molecular weight excluding hydrogens is 282 g/mol. The summed E-state index contributed by atoms with van der Waals surface area (Å²) in [6.07, 6.45) is 2.82. The van der Waals surface area contributed by atoms with Crippen LogP contribution < -0.4 is 0 Å². The Hall–Kier alpha value is -1.41. The molecule has 1 N–H and O–H groups in total. The Balaban J connectivity index is 2.10. The first-order valence-electron chi connectivity index (χ1n) is 6.61. The second-order valence-corrected chi connectivity index (χ2v) is 7.43. The molecule has 0 amide bonds. The monoisotopic (exact) mass is 299 g/mol. The van der Waals surface area contributed by atoms with Crippen molar-refractivity contribution >= 4 is 16.0 Å². The molecule has 2 heterocycles. The number of rotatable bonds is 3. The summed E-state index contributed by atoms with van der Waals surface area (Å²) in [4.78, 5) is 11.1. The van der Waals surface area contributed by atoms with Gasteiger partial charge in [-0.3, -0.25) is 4.68 Å². The van der Waals surface area contributed by atoms with Gasteiger partial charge in [0.1, 0.15) is 4.90 Å². The van der Waals surface area contributed by atoms with E-state index in [9.17, 15) is 18.3 Å². The average molecular weight is 299 g/mol. The van der Waals surface area contributed by atoms with Crippen LogP contribution in [0.25, 0.3) is 0 Å². The van der Waals surface area contributed by atoms with Gasteiger partial charge in [-0.1, -0.05) is 0 Å². The van der Waals surface area contributed by atoms with E-state index in [2.05, 4.69) is 5.10 Å². The summed E-state index contributed by atoms with van der Waals surface area (Å²) in [6, 6.07) is 0.0197. The lowest BCUT2D eigenvalue weighted by atomic mass is 10.1. The first-order valence-corrected chi connectivity index (χ1v) is 8.05. The van der Waals surface area contributed by atoms with Crippen molar-refractivity contribution in [2.24, 2.45) is 13.0 Å². The molecule has 3 rings (SSSR count). The van der Waals surface area contributed by atoms with Crippen molar-refractivity contribution in [1.82, 2.24) is 14.1 Å². The van der Waals surface area contributed by atoms with Crippen molar-refractivity contribution in [2.45, 2.75) is 37.1 Å². The molecule has 1 aliphatic heterocycles. The molecule has 2 fully saturated rings. The minimum atomic E-state index is -3.79. The van der Waals surface area contributed by atoms with Crippen molar-refractivity contribution in [3.8, 4) is 0 Å². The van der Waals surface area contributed by atoms with Crippen LogP contribution in [0.2, 0.25) is 0 Å². The van der Waals surface area contributed by atoms with Crippen LogP contribution in [-0.4, -0.2) is 46.2 Å². The number of carboxylic acids is 1. The number of aromatic nitrogens is 2. The van der Waals surface area contributed by atoms with Crippen molar-refractivity contribution in [1.29, 1.82) is 0 Å². The van der Waals surface area contributed by atoms with Gasteiger partial charge in [0.05, 0.1) is 5.69 Å². The molecule has 8 heteroatoms. The summed E-state index contributed by atoms with van der Waals surface area (Å²) in [5, 5.41) is 13.0. The van der Waals surface area contributed by atoms with E-state index in [1.165, 1.54) is 8.99 Å². The molecule has 0 aromatic carbocycles. The van der Waals surface area contributed by atoms with Gasteiger partial charge >= 0.3 is 5.97 Å². The lowest BCUT2D eigenvalue weighted by Crippen LogP contribution is -2.38. The van der Waals surface area contributed by atoms with E-state index in [4.69, 9.17) is 0 Å². The molecule has 2 aliphatic rings. The number of nitrogens with zero attached hydrogens (tertiary/aromatic N) is 3. The molecule has 1 aromatic heterocycles. The molecule has 1 saturated heterocycles. The minimum Gasteiger partial charge on any atom is -0.476 e. The third kappa shape index (κ3) is 1.78. The zero-order chi connectivity index (χ0) is 14.7. The van der Waals surface area contributed by atoms with E-state index < -0.39 is 16.0 Å². The van der Waals surface area contributed by atoms with Crippen molar-refractivity contribution in [3.05, 3.63) is 11.4 Å². The molecule has 1 aliphatic carbocycles. The molecule has 2 atom stereocenters. The fraction of sp³-hybridized carbons (Fsp3) is 0.667. The molecule has 0 radical (unpaired) electrons. The number of fused-ring (bicyclic) bond motifs is 2. The number of sulfonamides is 1. The molecule has 1 aromatic rings. The third-order valence-corrected chi connectivity index (χ3v) is 6.48. The third-order valence-electron chi connectivity index (χ3n) is 4.41. The molecule has 20 heavy (non-hydrogen) atoms. The van der Waals surface area contributed by atoms with Gasteiger partial charge in [0, 0.05) is 19.6 Å². The van der Waals surface area contributed by atoms with Gasteiger partial charge < -0.3 is 5.11 Å². The van der Waals surface area contributed by atoms with E-state index in [-0.39, 0.29) is 16.6 Å². The second-order valence-electron chi connectivity index (χ2n) is 5.60. The average Bonchev–Trinajstić information content (AvgIpc) is 3.05. The number of hydrogen-bond donors (Lipinski definition) is 1. The summed E-state index contributed by atoms with van der Waals surface area (Å²) in [6.45, 7) is 2.08. The zero-order valence-corrected chi connectivity index (χ0v) is 12.2. The summed E-state index contributed by atoms with van der Waals surface area (Å²) in [5.41, 5.74) is -0.0158. The Morgan fingerprint density at radius 1 is 1.40 bits per heavy atom. The lowest BCUT2D eigenvalue weighted by Gasteiger charge is -2.26. The van der Waals surface area contributed by atoms with Crippen LogP contribution >= 0.6 is 0 Å². The highest BCUT2D eigenvalue weighted by molar-refractivity contribution is 7.89. The van der Waals surface area contributed by atoms with E-state index in [1.54, 1.807) is 14.0 Å². The predicted octanol–water partition coefficient (Wildman–Crippen LogP) is 0.600. The minimum absolute atomic E-state index is 0.0197. The van der Waals surface area contributed by atoms with Crippen molar-refractivity contribution in [2.75, 3.05) is 6.54 Å². The maximum atomic E-state index is 12.8. The number of hydrogen-bond acceptors (Lipinski definition) is 4. The SMILES string of the molecule is Cc1c(S(=O)(=O)N2CC3CCC2C3)c(C(=O)O)nn1C. The number of aromatic carboxylic acids is 1. The number of piperidine rings is 1. The van der Waals surface area contributed by atoms with Crippen LogP contribution in [-0.2, 0) is 17.1 Å². The highest BCUT2D eigenvalue weighted by Gasteiger charge is 2.46. The molecular formula is C12H17N3O4S. The summed E-state index contributed by atoms with van der Waals surface area (Å²) in [7, 11) is -2.23. The van der Waals surface area contributed by atoms with Gasteiger partial charge in [-0.05, 0) is 32.1 Å². The Kier molecular flexibility index (Phi) is 2.91. The standard InChI is InChI=1S/C12H17N3O4S/c1-7-11(10(12(16)17)13-14(7)2)20(18,19)15-6-8-3-4-9(15)5-8/h8-9H,3-6H2,1-2H3,(H,16,17). The van der Waals surface area contributed by atoms with Gasteiger partial charge in [-0.2, -0.15) is 9.40 Å². The molecule has 110 valence electrons. The zero-order valence-electron chi connectivity index (χ0n) is 11.4. The Labute approximate surface area is 117 Å². The summed E-state index contributed by atoms with van der Waals surface area (Å²) in [5.74, 6) is -0.892. The van der Waals surface area contributed by atoms with Gasteiger partial charge in [0.15, 0.2) is 5.69 Å². The lowest BCUT2D eigenvalue weighted by molar-refractivity contribution is 0.0685. The van der Waals surface area contributed by atoms with E-state index in [1.807, 2.05) is 0 Å². The Bertz CT molecular complexity index is 679. The molecule has 2 bridgehead atoms. The predicted molar refractivity (Wildman–Crippen MR) is 69.9 cm³/mol. The van der Waals surface area contributed by atoms with Crippen molar-refractivity contribution in [3.63, 3.8) is 0 Å². The van der Waals surface area contributed by atoms with Gasteiger partial charge in [-0.25, -0.2) is 13.2 Å². The van der Waals surface area contributed by atoms with Crippen LogP contribution in [0.1, 0.15) is 35.4 Å². The molecule has 7 nitrogen and oxygen atoms in total. The maximum Gasteiger partial charge on any atom is 0.357 e. The fourth-order valence-corrected chi connectivity index (χ4v) is 5.43. The Morgan fingerprint density at radius 3 is 2.60 bits per heavy atom. The van der Waals surface area contributed by atoms with E-state index in [0.29, 0.717) is 18.2 Å². The smallest absolute Gasteiger partial charge is 0.357 e. The second kappa shape index (κ2) is 4.29. The molecule has 0 spiro atoms. The number of aryl methyl sites for hydroxylation is 1. The first-order chi connectivity index (χ1) is 9.32. The highest BCUT2D eigenvalue weighted by atomic mass is 32.2. The number of carboxylic acid groups (broad SMARTS) is 1. The maximum absolute atomic E-state index is 12.8. The van der Waals surface area contributed by atoms with Gasteiger partial charge in [0.2, 0.25) is 10.0 Å². The number of carbonyl (C=O) groups is 1. The van der Waals surface area contributed by atoms with Crippen LogP contribution in [0, 0.1) is 12.8 Å². The van der Waals surface area contributed by atoms with Crippen LogP contribution in [0.5, 0.6) is 0 Å². The molecule has 2 unspecified atom stereocenters. The molecule has 1 saturated carbocycles. The van der Waals surface area contributed by atoms with Crippen LogP contribution in [0.15, 0.2) is 4.90 Å². The Morgan fingerprint density at radius 2 is 2.10 bits per heavy atom. The summed E-state index contributed by atoms with van der Waals surface area (Å²) < 4.78 is 28.4. The first kappa shape index (κ1) is 13.6. The summed E-state index contributed by atoms with van der Waals surface area (Å²) >= 11 is 0. The van der Waals surface area contributed by atoms with Gasteiger partial charge in [-0.15, -0.1) is 0 Å². The van der Waals surface area contributed by atoms with Gasteiger partial charge in [0.25, 0.3) is 0 Å². The largest absolute Gasteiger partial charge is 0.476 e. The van der Waals surface area contributed by atoms with E-state index >= 15 is 0 Å². The van der Waals surface area contributed by atoms with E-state index in [0.717, 1.165) is 19.3 Å². The highest BCUT2D eigenvalue weighted by Crippen LogP contribution is 2.41. The van der Waals surface area contributed by atoms with Crippen LogP contribution in [0.4, 0.5) is 0 Å².